The third-order valence-electron chi connectivity index (χ3n) is 2.60. The molecule has 0 radical (unpaired) electrons. The van der Waals surface area contributed by atoms with E-state index < -0.39 is 26.3 Å². The normalized spacial score (nSPS) is 15.4. The van der Waals surface area contributed by atoms with Crippen LogP contribution in [0.2, 0.25) is 0 Å². The van der Waals surface area contributed by atoms with Gasteiger partial charge in [-0.25, -0.2) is 8.42 Å². The Morgan fingerprint density at radius 1 is 1.19 bits per heavy atom. The fraction of sp³-hybridized carbons (Fsp3) is 0.364. The van der Waals surface area contributed by atoms with Crippen LogP contribution in [0.3, 0.4) is 0 Å². The third kappa shape index (κ3) is 2.41. The Labute approximate surface area is 94.8 Å². The molecule has 5 heteroatoms. The van der Waals surface area contributed by atoms with Crippen molar-refractivity contribution in [2.75, 3.05) is 0 Å². The van der Waals surface area contributed by atoms with E-state index in [1.165, 1.54) is 13.8 Å². The molecule has 88 valence electrons. The standard InChI is InChI=1S/C11H14O4S/c1-8(10-6-4-3-5-7-10)16(14,15)9(2)11(12)13/h3-9H,1-2H3,(H,12,13). The minimum Gasteiger partial charge on any atom is -0.480 e. The second kappa shape index (κ2) is 4.65. The molecule has 0 aliphatic carbocycles. The zero-order valence-electron chi connectivity index (χ0n) is 9.12. The average Bonchev–Trinajstić information content (AvgIpc) is 2.28. The molecule has 0 spiro atoms. The zero-order chi connectivity index (χ0) is 12.3. The Morgan fingerprint density at radius 3 is 2.12 bits per heavy atom. The number of aliphatic carboxylic acids is 1. The number of benzene rings is 1. The predicted molar refractivity (Wildman–Crippen MR) is 60.9 cm³/mol. The maximum Gasteiger partial charge on any atom is 0.321 e. The van der Waals surface area contributed by atoms with E-state index in [0.717, 1.165) is 0 Å². The molecule has 0 aliphatic rings. The quantitative estimate of drug-likeness (QED) is 0.871. The molecule has 1 aromatic carbocycles. The maximum atomic E-state index is 11.9. The lowest BCUT2D eigenvalue weighted by Crippen LogP contribution is -2.30. The molecule has 0 saturated carbocycles. The summed E-state index contributed by atoms with van der Waals surface area (Å²) in [7, 11) is -3.69. The number of hydrogen-bond donors (Lipinski definition) is 1. The molecule has 16 heavy (non-hydrogen) atoms. The average molecular weight is 242 g/mol. The van der Waals surface area contributed by atoms with E-state index in [4.69, 9.17) is 5.11 Å². The smallest absolute Gasteiger partial charge is 0.321 e. The number of sulfone groups is 1. The van der Waals surface area contributed by atoms with Gasteiger partial charge in [-0.3, -0.25) is 4.79 Å². The first kappa shape index (κ1) is 12.7. The van der Waals surface area contributed by atoms with Crippen molar-refractivity contribution in [3.63, 3.8) is 0 Å². The summed E-state index contributed by atoms with van der Waals surface area (Å²) in [4.78, 5) is 10.7. The Morgan fingerprint density at radius 2 is 1.69 bits per heavy atom. The summed E-state index contributed by atoms with van der Waals surface area (Å²) in [6.07, 6.45) is 0. The highest BCUT2D eigenvalue weighted by Crippen LogP contribution is 2.25. The summed E-state index contributed by atoms with van der Waals surface area (Å²) in [5, 5.41) is 6.54. The molecule has 2 atom stereocenters. The van der Waals surface area contributed by atoms with E-state index in [2.05, 4.69) is 0 Å². The summed E-state index contributed by atoms with van der Waals surface area (Å²) in [6.45, 7) is 2.70. The van der Waals surface area contributed by atoms with Crippen LogP contribution in [0.25, 0.3) is 0 Å². The topological polar surface area (TPSA) is 71.4 Å². The van der Waals surface area contributed by atoms with E-state index in [9.17, 15) is 13.2 Å². The van der Waals surface area contributed by atoms with Crippen LogP contribution >= 0.6 is 0 Å². The number of carboxylic acids is 1. The Kier molecular flexibility index (Phi) is 3.70. The lowest BCUT2D eigenvalue weighted by atomic mass is 10.2. The Balaban J connectivity index is 3.07. The van der Waals surface area contributed by atoms with E-state index in [1.54, 1.807) is 30.3 Å². The molecular weight excluding hydrogens is 228 g/mol. The maximum absolute atomic E-state index is 11.9. The van der Waals surface area contributed by atoms with Crippen molar-refractivity contribution >= 4 is 15.8 Å². The number of carbonyl (C=O) groups is 1. The van der Waals surface area contributed by atoms with Gasteiger partial charge in [0.1, 0.15) is 0 Å². The van der Waals surface area contributed by atoms with Crippen molar-refractivity contribution in [3.05, 3.63) is 35.9 Å². The van der Waals surface area contributed by atoms with Gasteiger partial charge >= 0.3 is 5.97 Å². The van der Waals surface area contributed by atoms with Gasteiger partial charge in [-0.05, 0) is 19.4 Å². The highest BCUT2D eigenvalue weighted by atomic mass is 32.2. The fourth-order valence-electron chi connectivity index (χ4n) is 1.36. The summed E-state index contributed by atoms with van der Waals surface area (Å²) in [5.41, 5.74) is 0.607. The number of hydrogen-bond acceptors (Lipinski definition) is 3. The van der Waals surface area contributed by atoms with Crippen LogP contribution in [0.15, 0.2) is 30.3 Å². The van der Waals surface area contributed by atoms with E-state index in [1.807, 2.05) is 0 Å². The van der Waals surface area contributed by atoms with Crippen molar-refractivity contribution in [2.45, 2.75) is 24.3 Å². The Hall–Kier alpha value is -1.36. The lowest BCUT2D eigenvalue weighted by molar-refractivity contribution is -0.136. The second-order valence-corrected chi connectivity index (χ2v) is 6.21. The van der Waals surface area contributed by atoms with Crippen LogP contribution in [0.4, 0.5) is 0 Å². The molecule has 0 bridgehead atoms. The van der Waals surface area contributed by atoms with Crippen LogP contribution in [-0.2, 0) is 14.6 Å². The third-order valence-corrected chi connectivity index (χ3v) is 5.05. The summed E-state index contributed by atoms with van der Waals surface area (Å²) >= 11 is 0. The van der Waals surface area contributed by atoms with Crippen molar-refractivity contribution in [3.8, 4) is 0 Å². The van der Waals surface area contributed by atoms with Crippen molar-refractivity contribution in [2.24, 2.45) is 0 Å². The molecule has 0 amide bonds. The summed E-state index contributed by atoms with van der Waals surface area (Å²) in [6, 6.07) is 8.59. The second-order valence-electron chi connectivity index (χ2n) is 3.62. The largest absolute Gasteiger partial charge is 0.480 e. The zero-order valence-corrected chi connectivity index (χ0v) is 9.94. The van der Waals surface area contributed by atoms with Crippen LogP contribution in [0.1, 0.15) is 24.7 Å². The highest BCUT2D eigenvalue weighted by Gasteiger charge is 2.33. The van der Waals surface area contributed by atoms with Gasteiger partial charge in [-0.2, -0.15) is 0 Å². The van der Waals surface area contributed by atoms with Gasteiger partial charge in [-0.1, -0.05) is 30.3 Å². The van der Waals surface area contributed by atoms with E-state index in [0.29, 0.717) is 5.56 Å². The van der Waals surface area contributed by atoms with Gasteiger partial charge in [0.05, 0.1) is 5.25 Å². The molecular formula is C11H14O4S. The molecule has 0 fully saturated rings. The first-order chi connectivity index (χ1) is 7.37. The molecule has 0 saturated heterocycles. The summed E-state index contributed by atoms with van der Waals surface area (Å²) in [5.74, 6) is -1.32. The van der Waals surface area contributed by atoms with Crippen molar-refractivity contribution < 1.29 is 18.3 Å². The molecule has 0 aliphatic heterocycles. The molecule has 0 heterocycles. The first-order valence-corrected chi connectivity index (χ1v) is 6.48. The SMILES string of the molecule is CC(C(=O)O)S(=O)(=O)C(C)c1ccccc1. The molecule has 0 aromatic heterocycles. The molecule has 1 rings (SSSR count). The number of rotatable bonds is 4. The fourth-order valence-corrected chi connectivity index (χ4v) is 2.79. The minimum atomic E-state index is -3.69. The van der Waals surface area contributed by atoms with E-state index >= 15 is 0 Å². The molecule has 4 nitrogen and oxygen atoms in total. The van der Waals surface area contributed by atoms with Crippen LogP contribution in [0.5, 0.6) is 0 Å². The molecule has 1 N–H and O–H groups in total. The van der Waals surface area contributed by atoms with Crippen molar-refractivity contribution in [1.82, 2.24) is 0 Å². The number of carboxylic acid groups (broad SMARTS) is 1. The van der Waals surface area contributed by atoms with Gasteiger partial charge in [0, 0.05) is 0 Å². The molecule has 1 aromatic rings. The highest BCUT2D eigenvalue weighted by molar-refractivity contribution is 7.92. The molecule has 2 unspecified atom stereocenters. The van der Waals surface area contributed by atoms with Gasteiger partial charge in [0.15, 0.2) is 15.1 Å². The van der Waals surface area contributed by atoms with Gasteiger partial charge in [-0.15, -0.1) is 0 Å². The summed E-state index contributed by atoms with van der Waals surface area (Å²) < 4.78 is 23.8. The van der Waals surface area contributed by atoms with Crippen LogP contribution < -0.4 is 0 Å². The Bertz CT molecular complexity index is 464. The first-order valence-electron chi connectivity index (χ1n) is 4.88. The minimum absolute atomic E-state index is 0.607. The van der Waals surface area contributed by atoms with Gasteiger partial charge in [0.25, 0.3) is 0 Å². The lowest BCUT2D eigenvalue weighted by Gasteiger charge is -2.16. The van der Waals surface area contributed by atoms with E-state index in [-0.39, 0.29) is 0 Å². The predicted octanol–water partition coefficient (Wildman–Crippen LogP) is 1.64. The monoisotopic (exact) mass is 242 g/mol. The van der Waals surface area contributed by atoms with Gasteiger partial charge < -0.3 is 5.11 Å². The van der Waals surface area contributed by atoms with Crippen molar-refractivity contribution in [1.29, 1.82) is 0 Å². The van der Waals surface area contributed by atoms with Crippen LogP contribution in [0, 0.1) is 0 Å². The van der Waals surface area contributed by atoms with Crippen LogP contribution in [-0.4, -0.2) is 24.7 Å². The van der Waals surface area contributed by atoms with Gasteiger partial charge in [0.2, 0.25) is 0 Å².